The summed E-state index contributed by atoms with van der Waals surface area (Å²) < 4.78 is 6.30. The average molecular weight is 415 g/mol. The molecule has 2 aliphatic heterocycles. The summed E-state index contributed by atoms with van der Waals surface area (Å²) >= 11 is 3.47. The molecule has 0 bridgehead atoms. The summed E-state index contributed by atoms with van der Waals surface area (Å²) in [7, 11) is 0. The molecule has 2 aliphatic rings. The van der Waals surface area contributed by atoms with Crippen LogP contribution in [0.5, 0.6) is 5.75 Å². The van der Waals surface area contributed by atoms with Crippen molar-refractivity contribution in [2.24, 2.45) is 0 Å². The molecule has 2 aromatic carbocycles. The zero-order valence-corrected chi connectivity index (χ0v) is 16.5. The Bertz CT molecular complexity index is 837. The summed E-state index contributed by atoms with van der Waals surface area (Å²) in [5.41, 5.74) is 4.29. The van der Waals surface area contributed by atoms with Gasteiger partial charge in [0.15, 0.2) is 0 Å². The first-order chi connectivity index (χ1) is 12.7. The smallest absolute Gasteiger partial charge is 0.255 e. The molecular formula is C21H23BrN2O2. The molecule has 2 heterocycles. The normalized spacial score (nSPS) is 18.9. The molecule has 1 amide bonds. The van der Waals surface area contributed by atoms with Crippen molar-refractivity contribution in [3.63, 3.8) is 0 Å². The lowest BCUT2D eigenvalue weighted by Gasteiger charge is -2.32. The van der Waals surface area contributed by atoms with Crippen LogP contribution >= 0.6 is 15.9 Å². The van der Waals surface area contributed by atoms with Crippen LogP contribution in [0, 0.1) is 0 Å². The van der Waals surface area contributed by atoms with Gasteiger partial charge in [0, 0.05) is 23.8 Å². The number of nitrogens with one attached hydrogen (secondary N) is 1. The predicted molar refractivity (Wildman–Crippen MR) is 107 cm³/mol. The second kappa shape index (κ2) is 7.41. The van der Waals surface area contributed by atoms with Crippen molar-refractivity contribution in [3.05, 3.63) is 57.6 Å². The highest BCUT2D eigenvalue weighted by atomic mass is 79.9. The van der Waals surface area contributed by atoms with E-state index in [2.05, 4.69) is 38.3 Å². The van der Waals surface area contributed by atoms with Gasteiger partial charge in [-0.25, -0.2) is 0 Å². The van der Waals surface area contributed by atoms with Gasteiger partial charge in [-0.05, 0) is 90.1 Å². The van der Waals surface area contributed by atoms with Gasteiger partial charge in [0.2, 0.25) is 0 Å². The van der Waals surface area contributed by atoms with Crippen molar-refractivity contribution in [1.29, 1.82) is 0 Å². The number of rotatable bonds is 4. The van der Waals surface area contributed by atoms with Gasteiger partial charge in [0.05, 0.1) is 11.1 Å². The Labute approximate surface area is 162 Å². The third-order valence-corrected chi connectivity index (χ3v) is 5.91. The van der Waals surface area contributed by atoms with Crippen LogP contribution in [0.2, 0.25) is 0 Å². The van der Waals surface area contributed by atoms with Crippen molar-refractivity contribution in [2.75, 3.05) is 25.0 Å². The fourth-order valence-corrected chi connectivity index (χ4v) is 4.53. The molecular weight excluding hydrogens is 392 g/mol. The standard InChI is InChI=1S/C21H23BrN2O2/c1-2-26-20-8-6-15(12-18(20)22)21(25)23-16-7-5-14-9-11-24-10-3-4-19(24)17(14)13-16/h5-8,12-13,19H,2-4,9-11H2,1H3,(H,23,25). The lowest BCUT2D eigenvalue weighted by atomic mass is 9.92. The molecule has 5 heteroatoms. The van der Waals surface area contributed by atoms with Crippen LogP contribution in [-0.4, -0.2) is 30.5 Å². The molecule has 136 valence electrons. The van der Waals surface area contributed by atoms with Crippen molar-refractivity contribution >= 4 is 27.5 Å². The number of carbonyl (C=O) groups is 1. The Morgan fingerprint density at radius 1 is 1.27 bits per heavy atom. The molecule has 2 aromatic rings. The van der Waals surface area contributed by atoms with Gasteiger partial charge >= 0.3 is 0 Å². The SMILES string of the molecule is CCOc1ccc(C(=O)Nc2ccc3c(c2)C2CCCN2CC3)cc1Br. The number of fused-ring (bicyclic) bond motifs is 3. The van der Waals surface area contributed by atoms with Gasteiger partial charge in [0.1, 0.15) is 5.75 Å². The van der Waals surface area contributed by atoms with E-state index >= 15 is 0 Å². The molecule has 0 saturated carbocycles. The summed E-state index contributed by atoms with van der Waals surface area (Å²) in [6, 6.07) is 12.3. The van der Waals surface area contributed by atoms with Crippen LogP contribution in [0.1, 0.15) is 47.3 Å². The van der Waals surface area contributed by atoms with Gasteiger partial charge < -0.3 is 10.1 Å². The Morgan fingerprint density at radius 2 is 2.15 bits per heavy atom. The average Bonchev–Trinajstić information content (AvgIpc) is 3.13. The van der Waals surface area contributed by atoms with Gasteiger partial charge in [0.25, 0.3) is 5.91 Å². The van der Waals surface area contributed by atoms with E-state index in [9.17, 15) is 4.79 Å². The highest BCUT2D eigenvalue weighted by molar-refractivity contribution is 9.10. The van der Waals surface area contributed by atoms with Crippen LogP contribution in [0.25, 0.3) is 0 Å². The zero-order valence-electron chi connectivity index (χ0n) is 14.9. The fraction of sp³-hybridized carbons (Fsp3) is 0.381. The molecule has 0 radical (unpaired) electrons. The van der Waals surface area contributed by atoms with Crippen LogP contribution < -0.4 is 10.1 Å². The van der Waals surface area contributed by atoms with Crippen molar-refractivity contribution in [2.45, 2.75) is 32.2 Å². The van der Waals surface area contributed by atoms with E-state index in [1.54, 1.807) is 12.1 Å². The van der Waals surface area contributed by atoms with Crippen LogP contribution in [-0.2, 0) is 6.42 Å². The number of hydrogen-bond donors (Lipinski definition) is 1. The summed E-state index contributed by atoms with van der Waals surface area (Å²) in [5.74, 6) is 0.645. The van der Waals surface area contributed by atoms with Gasteiger partial charge in [-0.1, -0.05) is 6.07 Å². The Hall–Kier alpha value is -1.85. The fourth-order valence-electron chi connectivity index (χ4n) is 4.04. The number of amides is 1. The minimum absolute atomic E-state index is 0.104. The summed E-state index contributed by atoms with van der Waals surface area (Å²) in [6.07, 6.45) is 3.59. The molecule has 1 unspecified atom stereocenters. The number of hydrogen-bond acceptors (Lipinski definition) is 3. The predicted octanol–water partition coefficient (Wildman–Crippen LogP) is 4.79. The molecule has 4 nitrogen and oxygen atoms in total. The zero-order chi connectivity index (χ0) is 18.1. The van der Waals surface area contributed by atoms with Gasteiger partial charge in [-0.2, -0.15) is 0 Å². The number of carbonyl (C=O) groups excluding carboxylic acids is 1. The van der Waals surface area contributed by atoms with E-state index in [0.29, 0.717) is 18.2 Å². The number of ether oxygens (including phenoxy) is 1. The molecule has 1 N–H and O–H groups in total. The van der Waals surface area contributed by atoms with Crippen LogP contribution in [0.3, 0.4) is 0 Å². The van der Waals surface area contributed by atoms with Crippen molar-refractivity contribution in [3.8, 4) is 5.75 Å². The molecule has 4 rings (SSSR count). The maximum atomic E-state index is 12.6. The number of anilines is 1. The van der Waals surface area contributed by atoms with Crippen LogP contribution in [0.4, 0.5) is 5.69 Å². The first-order valence-corrected chi connectivity index (χ1v) is 10.1. The molecule has 26 heavy (non-hydrogen) atoms. The minimum atomic E-state index is -0.104. The second-order valence-corrected chi connectivity index (χ2v) is 7.74. The van der Waals surface area contributed by atoms with Gasteiger partial charge in [-0.15, -0.1) is 0 Å². The van der Waals surface area contributed by atoms with E-state index in [1.165, 1.54) is 30.5 Å². The lowest BCUT2D eigenvalue weighted by molar-refractivity contribution is 0.102. The summed E-state index contributed by atoms with van der Waals surface area (Å²) in [6.45, 7) is 4.89. The molecule has 0 aromatic heterocycles. The van der Waals surface area contributed by atoms with E-state index in [1.807, 2.05) is 19.1 Å². The minimum Gasteiger partial charge on any atom is -0.493 e. The Morgan fingerprint density at radius 3 is 2.96 bits per heavy atom. The topological polar surface area (TPSA) is 41.6 Å². The maximum absolute atomic E-state index is 12.6. The number of benzene rings is 2. The van der Waals surface area contributed by atoms with Crippen LogP contribution in [0.15, 0.2) is 40.9 Å². The van der Waals surface area contributed by atoms with E-state index in [4.69, 9.17) is 4.74 Å². The molecule has 1 atom stereocenters. The highest BCUT2D eigenvalue weighted by Gasteiger charge is 2.31. The summed E-state index contributed by atoms with van der Waals surface area (Å²) in [5, 5.41) is 3.05. The number of nitrogens with zero attached hydrogens (tertiary/aromatic N) is 1. The van der Waals surface area contributed by atoms with Crippen molar-refractivity contribution in [1.82, 2.24) is 4.90 Å². The monoisotopic (exact) mass is 414 g/mol. The van der Waals surface area contributed by atoms with Gasteiger partial charge in [-0.3, -0.25) is 9.69 Å². The largest absolute Gasteiger partial charge is 0.493 e. The van der Waals surface area contributed by atoms with Crippen molar-refractivity contribution < 1.29 is 9.53 Å². The van der Waals surface area contributed by atoms with E-state index in [-0.39, 0.29) is 5.91 Å². The first kappa shape index (κ1) is 17.6. The number of halogens is 1. The molecule has 0 aliphatic carbocycles. The maximum Gasteiger partial charge on any atom is 0.255 e. The highest BCUT2D eigenvalue weighted by Crippen LogP contribution is 2.38. The summed E-state index contributed by atoms with van der Waals surface area (Å²) in [4.78, 5) is 15.2. The molecule has 1 saturated heterocycles. The third kappa shape index (κ3) is 3.38. The quantitative estimate of drug-likeness (QED) is 0.781. The van der Waals surface area contributed by atoms with E-state index < -0.39 is 0 Å². The Kier molecular flexibility index (Phi) is 5.00. The first-order valence-electron chi connectivity index (χ1n) is 9.26. The Balaban J connectivity index is 1.53. The second-order valence-electron chi connectivity index (χ2n) is 6.89. The van der Waals surface area contributed by atoms with E-state index in [0.717, 1.165) is 28.9 Å². The molecule has 0 spiro atoms. The third-order valence-electron chi connectivity index (χ3n) is 5.29. The lowest BCUT2D eigenvalue weighted by Crippen LogP contribution is -2.31. The molecule has 1 fully saturated rings.